The highest BCUT2D eigenvalue weighted by atomic mass is 32.1. The summed E-state index contributed by atoms with van der Waals surface area (Å²) in [5, 5.41) is 9.00. The number of halogens is 1. The second kappa shape index (κ2) is 5.97. The molecule has 2 heterocycles. The van der Waals surface area contributed by atoms with Crippen molar-refractivity contribution in [1.82, 2.24) is 0 Å². The lowest BCUT2D eigenvalue weighted by molar-refractivity contribution is 0.627. The Morgan fingerprint density at radius 2 is 1.74 bits per heavy atom. The zero-order chi connectivity index (χ0) is 15.6. The van der Waals surface area contributed by atoms with Crippen molar-refractivity contribution in [3.05, 3.63) is 88.4 Å². The Morgan fingerprint density at radius 3 is 2.43 bits per heavy atom. The van der Waals surface area contributed by atoms with Gasteiger partial charge in [0, 0.05) is 11.3 Å². The first kappa shape index (κ1) is 14.2. The number of benzene rings is 2. The standard InChI is InChI=1S/C19H15FN2S/c20-15-10-8-14(9-11-15)17-13-18(19-7-4-12-23-19)22(21-17)16-5-2-1-3-6-16/h1-12,18H,13H2/t18-/m1/s1. The topological polar surface area (TPSA) is 15.6 Å². The van der Waals surface area contributed by atoms with Crippen LogP contribution in [0.15, 0.2) is 77.2 Å². The fraction of sp³-hybridized carbons (Fsp3) is 0.105. The molecule has 0 N–H and O–H groups in total. The van der Waals surface area contributed by atoms with Crippen molar-refractivity contribution in [3.8, 4) is 0 Å². The van der Waals surface area contributed by atoms with Crippen molar-refractivity contribution < 1.29 is 4.39 Å². The van der Waals surface area contributed by atoms with Gasteiger partial charge in [-0.25, -0.2) is 4.39 Å². The van der Waals surface area contributed by atoms with Crippen molar-refractivity contribution in [2.45, 2.75) is 12.5 Å². The number of anilines is 1. The average molecular weight is 322 g/mol. The van der Waals surface area contributed by atoms with Gasteiger partial charge in [-0.15, -0.1) is 11.3 Å². The van der Waals surface area contributed by atoms with Gasteiger partial charge in [0.05, 0.1) is 17.4 Å². The average Bonchev–Trinajstić information content (AvgIpc) is 3.26. The Kier molecular flexibility index (Phi) is 3.67. The highest BCUT2D eigenvalue weighted by Crippen LogP contribution is 2.38. The van der Waals surface area contributed by atoms with E-state index >= 15 is 0 Å². The minimum absolute atomic E-state index is 0.192. The number of nitrogens with zero attached hydrogens (tertiary/aromatic N) is 2. The van der Waals surface area contributed by atoms with Gasteiger partial charge < -0.3 is 0 Å². The Labute approximate surface area is 138 Å². The largest absolute Gasteiger partial charge is 0.257 e. The summed E-state index contributed by atoms with van der Waals surface area (Å²) in [5.41, 5.74) is 3.04. The van der Waals surface area contributed by atoms with E-state index in [1.54, 1.807) is 23.5 Å². The predicted molar refractivity (Wildman–Crippen MR) is 93.5 cm³/mol. The van der Waals surface area contributed by atoms with E-state index in [2.05, 4.69) is 34.7 Å². The van der Waals surface area contributed by atoms with Crippen LogP contribution >= 0.6 is 11.3 Å². The van der Waals surface area contributed by atoms with E-state index in [1.165, 1.54) is 17.0 Å². The number of hydrogen-bond acceptors (Lipinski definition) is 3. The summed E-state index contributed by atoms with van der Waals surface area (Å²) in [7, 11) is 0. The molecule has 1 atom stereocenters. The zero-order valence-corrected chi connectivity index (χ0v) is 13.2. The number of hydrazone groups is 1. The summed E-state index contributed by atoms with van der Waals surface area (Å²) < 4.78 is 13.2. The molecule has 4 rings (SSSR count). The lowest BCUT2D eigenvalue weighted by Gasteiger charge is -2.22. The van der Waals surface area contributed by atoms with Crippen molar-refractivity contribution in [3.63, 3.8) is 0 Å². The van der Waals surface area contributed by atoms with Gasteiger partial charge in [0.2, 0.25) is 0 Å². The maximum absolute atomic E-state index is 13.2. The van der Waals surface area contributed by atoms with Gasteiger partial charge in [0.25, 0.3) is 0 Å². The second-order valence-electron chi connectivity index (χ2n) is 5.47. The van der Waals surface area contributed by atoms with Gasteiger partial charge >= 0.3 is 0 Å². The molecule has 2 nitrogen and oxygen atoms in total. The molecule has 2 aromatic carbocycles. The molecule has 1 aromatic heterocycles. The maximum Gasteiger partial charge on any atom is 0.123 e. The van der Waals surface area contributed by atoms with Crippen LogP contribution in [0, 0.1) is 5.82 Å². The molecule has 0 fully saturated rings. The van der Waals surface area contributed by atoms with Crippen LogP contribution < -0.4 is 5.01 Å². The van der Waals surface area contributed by atoms with E-state index in [0.29, 0.717) is 0 Å². The van der Waals surface area contributed by atoms with E-state index in [0.717, 1.165) is 23.4 Å². The molecule has 0 saturated heterocycles. The fourth-order valence-electron chi connectivity index (χ4n) is 2.85. The molecule has 23 heavy (non-hydrogen) atoms. The van der Waals surface area contributed by atoms with Crippen LogP contribution in [0.2, 0.25) is 0 Å². The van der Waals surface area contributed by atoms with E-state index in [-0.39, 0.29) is 11.9 Å². The van der Waals surface area contributed by atoms with Crippen LogP contribution in [0.25, 0.3) is 0 Å². The molecule has 0 aliphatic carbocycles. The number of hydrogen-bond donors (Lipinski definition) is 0. The normalized spacial score (nSPS) is 17.3. The third-order valence-electron chi connectivity index (χ3n) is 3.98. The van der Waals surface area contributed by atoms with Gasteiger partial charge in [-0.05, 0) is 41.3 Å². The van der Waals surface area contributed by atoms with Crippen LogP contribution in [0.5, 0.6) is 0 Å². The Hall–Kier alpha value is -2.46. The van der Waals surface area contributed by atoms with Crippen LogP contribution in [-0.4, -0.2) is 5.71 Å². The summed E-state index contributed by atoms with van der Waals surface area (Å²) in [5.74, 6) is -0.220. The molecule has 0 bridgehead atoms. The monoisotopic (exact) mass is 322 g/mol. The third-order valence-corrected chi connectivity index (χ3v) is 4.95. The number of thiophene rings is 1. The molecule has 4 heteroatoms. The van der Waals surface area contributed by atoms with Crippen molar-refractivity contribution >= 4 is 22.7 Å². The van der Waals surface area contributed by atoms with Crippen LogP contribution in [0.4, 0.5) is 10.1 Å². The van der Waals surface area contributed by atoms with Gasteiger partial charge in [-0.3, -0.25) is 5.01 Å². The molecule has 0 saturated carbocycles. The second-order valence-corrected chi connectivity index (χ2v) is 6.45. The van der Waals surface area contributed by atoms with Gasteiger partial charge in [-0.1, -0.05) is 36.4 Å². The van der Waals surface area contributed by atoms with E-state index in [4.69, 9.17) is 5.10 Å². The molecule has 0 spiro atoms. The smallest absolute Gasteiger partial charge is 0.123 e. The van der Waals surface area contributed by atoms with Crippen LogP contribution in [-0.2, 0) is 0 Å². The zero-order valence-electron chi connectivity index (χ0n) is 12.4. The molecule has 3 aromatic rings. The predicted octanol–water partition coefficient (Wildman–Crippen LogP) is 5.24. The molecule has 0 amide bonds. The molecule has 1 aliphatic heterocycles. The molecular formula is C19H15FN2S. The van der Waals surface area contributed by atoms with Crippen molar-refractivity contribution in [1.29, 1.82) is 0 Å². The SMILES string of the molecule is Fc1ccc(C2=NN(c3ccccc3)[C@@H](c3cccs3)C2)cc1. The Balaban J connectivity index is 1.73. The lowest BCUT2D eigenvalue weighted by atomic mass is 10.0. The third kappa shape index (κ3) is 2.78. The minimum atomic E-state index is -0.220. The lowest BCUT2D eigenvalue weighted by Crippen LogP contribution is -2.17. The quantitative estimate of drug-likeness (QED) is 0.643. The highest BCUT2D eigenvalue weighted by molar-refractivity contribution is 7.10. The Morgan fingerprint density at radius 1 is 0.957 bits per heavy atom. The highest BCUT2D eigenvalue weighted by Gasteiger charge is 2.30. The van der Waals surface area contributed by atoms with Crippen LogP contribution in [0.3, 0.4) is 0 Å². The first-order valence-electron chi connectivity index (χ1n) is 7.52. The molecule has 114 valence electrons. The summed E-state index contributed by atoms with van der Waals surface area (Å²) >= 11 is 1.74. The molecule has 0 unspecified atom stereocenters. The summed E-state index contributed by atoms with van der Waals surface area (Å²) in [6.45, 7) is 0. The van der Waals surface area contributed by atoms with Gasteiger partial charge in [0.15, 0.2) is 0 Å². The molecular weight excluding hydrogens is 307 g/mol. The van der Waals surface area contributed by atoms with Gasteiger partial charge in [-0.2, -0.15) is 5.10 Å². The van der Waals surface area contributed by atoms with E-state index < -0.39 is 0 Å². The van der Waals surface area contributed by atoms with E-state index in [1.807, 2.05) is 18.2 Å². The fourth-order valence-corrected chi connectivity index (χ4v) is 3.66. The van der Waals surface area contributed by atoms with Crippen molar-refractivity contribution in [2.75, 3.05) is 5.01 Å². The number of para-hydroxylation sites is 1. The van der Waals surface area contributed by atoms with Crippen LogP contribution in [0.1, 0.15) is 22.9 Å². The summed E-state index contributed by atoms with van der Waals surface area (Å²) in [6, 6.07) is 21.2. The molecule has 0 radical (unpaired) electrons. The first-order valence-corrected chi connectivity index (χ1v) is 8.40. The molecule has 1 aliphatic rings. The first-order chi connectivity index (χ1) is 11.3. The van der Waals surface area contributed by atoms with Gasteiger partial charge in [0.1, 0.15) is 5.82 Å². The van der Waals surface area contributed by atoms with Crippen molar-refractivity contribution in [2.24, 2.45) is 5.10 Å². The summed E-state index contributed by atoms with van der Waals surface area (Å²) in [6.07, 6.45) is 0.820. The minimum Gasteiger partial charge on any atom is -0.257 e. The Bertz CT molecular complexity index is 810. The van der Waals surface area contributed by atoms with E-state index in [9.17, 15) is 4.39 Å². The maximum atomic E-state index is 13.2. The summed E-state index contributed by atoms with van der Waals surface area (Å²) in [4.78, 5) is 1.29. The number of rotatable bonds is 3.